The number of nitrogens with one attached hydrogen (secondary N) is 2. The number of H-pyrrole nitrogens is 2. The molecule has 4 rings (SSSR count). The van der Waals surface area contributed by atoms with Gasteiger partial charge in [-0.3, -0.25) is 10.2 Å². The first kappa shape index (κ1) is 22.9. The zero-order chi connectivity index (χ0) is 22.1. The molecule has 0 aliphatic rings. The second-order valence-electron chi connectivity index (χ2n) is 5.50. The van der Waals surface area contributed by atoms with Gasteiger partial charge >= 0.3 is 7.12 Å². The number of pyridine rings is 2. The third-order valence-electron chi connectivity index (χ3n) is 3.25. The highest BCUT2D eigenvalue weighted by Crippen LogP contribution is 2.17. The number of nitrogens with two attached hydrogens (primary N) is 2. The molecule has 30 heavy (non-hydrogen) atoms. The van der Waals surface area contributed by atoms with Crippen LogP contribution >= 0.6 is 15.9 Å². The standard InChI is InChI=1S/C8H7FN4.C5H5BFNO2.C3H4BrN3/c9-7-3-5(1-2-11-7)6-4-8(10)13-12-6;7-5-3-4(6(9)10)1-2-8-5;4-2-1-3(5)7-6-2/h1-4H,(H3,10,12,13);1-3,9-10H;1H,(H3,5,6,7). The summed E-state index contributed by atoms with van der Waals surface area (Å²) >= 11 is 3.13. The molecule has 8 N–H and O–H groups in total. The Bertz CT molecular complexity index is 1060. The molecule has 0 unspecified atom stereocenters. The van der Waals surface area contributed by atoms with Crippen molar-refractivity contribution in [2.45, 2.75) is 0 Å². The van der Waals surface area contributed by atoms with Gasteiger partial charge in [0.05, 0.1) is 5.69 Å². The molecule has 0 spiro atoms. The van der Waals surface area contributed by atoms with E-state index in [1.54, 1.807) is 18.2 Å². The van der Waals surface area contributed by atoms with Crippen molar-refractivity contribution in [3.8, 4) is 11.3 Å². The Kier molecular flexibility index (Phi) is 8.40. The van der Waals surface area contributed by atoms with Gasteiger partial charge in [0, 0.05) is 36.2 Å². The fraction of sp³-hybridized carbons (Fsp3) is 0. The zero-order valence-electron chi connectivity index (χ0n) is 15.2. The van der Waals surface area contributed by atoms with Crippen molar-refractivity contribution in [3.63, 3.8) is 0 Å². The SMILES string of the molecule is Nc1cc(-c2ccnc(F)c2)[nH]n1.Nc1cc(Br)[nH]n1.OB(O)c1ccnc(F)c1. The Hall–Kier alpha value is -3.36. The number of rotatable bonds is 2. The normalized spacial score (nSPS) is 9.77. The maximum absolute atomic E-state index is 12.7. The quantitative estimate of drug-likeness (QED) is 0.180. The molecule has 0 aliphatic carbocycles. The number of aromatic nitrogens is 6. The van der Waals surface area contributed by atoms with Gasteiger partial charge in [0.15, 0.2) is 0 Å². The number of nitrogen functional groups attached to an aromatic ring is 2. The van der Waals surface area contributed by atoms with Crippen LogP contribution in [-0.2, 0) is 0 Å². The smallest absolute Gasteiger partial charge is 0.423 e. The van der Waals surface area contributed by atoms with Crippen LogP contribution in [0.1, 0.15) is 0 Å². The maximum atomic E-state index is 12.7. The summed E-state index contributed by atoms with van der Waals surface area (Å²) in [5.41, 5.74) is 12.1. The van der Waals surface area contributed by atoms with E-state index in [1.165, 1.54) is 24.5 Å². The van der Waals surface area contributed by atoms with E-state index in [4.69, 9.17) is 21.5 Å². The van der Waals surface area contributed by atoms with Crippen LogP contribution in [0.4, 0.5) is 20.4 Å². The predicted octanol–water partition coefficient (Wildman–Crippen LogP) is 0.848. The van der Waals surface area contributed by atoms with E-state index >= 15 is 0 Å². The van der Waals surface area contributed by atoms with Crippen molar-refractivity contribution in [1.82, 2.24) is 30.4 Å². The molecule has 14 heteroatoms. The molecular formula is C16H16BBrF2N8O2. The fourth-order valence-electron chi connectivity index (χ4n) is 1.95. The molecule has 0 fully saturated rings. The molecule has 4 heterocycles. The van der Waals surface area contributed by atoms with Crippen LogP contribution in [0.25, 0.3) is 11.3 Å². The largest absolute Gasteiger partial charge is 0.488 e. The topological polar surface area (TPSA) is 176 Å². The number of hydrogen-bond acceptors (Lipinski definition) is 8. The Balaban J connectivity index is 0.000000168. The first-order valence-electron chi connectivity index (χ1n) is 8.11. The van der Waals surface area contributed by atoms with Crippen LogP contribution in [0.5, 0.6) is 0 Å². The highest BCUT2D eigenvalue weighted by atomic mass is 79.9. The minimum absolute atomic E-state index is 0.104. The lowest BCUT2D eigenvalue weighted by molar-refractivity contribution is 0.425. The number of anilines is 2. The second kappa shape index (κ2) is 11.0. The number of hydrogen-bond donors (Lipinski definition) is 6. The van der Waals surface area contributed by atoms with E-state index in [1.807, 2.05) is 0 Å². The molecule has 4 aromatic rings. The Labute approximate surface area is 177 Å². The lowest BCUT2D eigenvalue weighted by Crippen LogP contribution is -2.30. The van der Waals surface area contributed by atoms with Crippen molar-refractivity contribution in [2.75, 3.05) is 11.5 Å². The van der Waals surface area contributed by atoms with E-state index in [9.17, 15) is 8.78 Å². The van der Waals surface area contributed by atoms with Crippen molar-refractivity contribution < 1.29 is 18.8 Å². The highest BCUT2D eigenvalue weighted by molar-refractivity contribution is 9.10. The van der Waals surface area contributed by atoms with E-state index in [0.29, 0.717) is 22.9 Å². The van der Waals surface area contributed by atoms with Gasteiger partial charge in [-0.2, -0.15) is 19.0 Å². The minimum Gasteiger partial charge on any atom is -0.423 e. The second-order valence-corrected chi connectivity index (χ2v) is 6.35. The molecule has 10 nitrogen and oxygen atoms in total. The Morgan fingerprint density at radius 3 is 1.87 bits per heavy atom. The average Bonchev–Trinajstić information content (AvgIpc) is 3.30. The summed E-state index contributed by atoms with van der Waals surface area (Å²) in [7, 11) is -1.63. The summed E-state index contributed by atoms with van der Waals surface area (Å²) in [6.07, 6.45) is 2.56. The predicted molar refractivity (Wildman–Crippen MR) is 111 cm³/mol. The molecule has 0 bridgehead atoms. The maximum Gasteiger partial charge on any atom is 0.488 e. The summed E-state index contributed by atoms with van der Waals surface area (Å²) in [6, 6.07) is 8.61. The molecular weight excluding hydrogens is 465 g/mol. The first-order valence-corrected chi connectivity index (χ1v) is 8.90. The van der Waals surface area contributed by atoms with Gasteiger partial charge < -0.3 is 21.5 Å². The summed E-state index contributed by atoms with van der Waals surface area (Å²) < 4.78 is 25.7. The van der Waals surface area contributed by atoms with Crippen LogP contribution < -0.4 is 16.9 Å². The third kappa shape index (κ3) is 7.58. The monoisotopic (exact) mass is 480 g/mol. The molecule has 0 aromatic carbocycles. The van der Waals surface area contributed by atoms with E-state index in [2.05, 4.69) is 46.3 Å². The molecule has 0 amide bonds. The van der Waals surface area contributed by atoms with Crippen LogP contribution in [-0.4, -0.2) is 47.5 Å². The number of halogens is 3. The average molecular weight is 481 g/mol. The van der Waals surface area contributed by atoms with Gasteiger partial charge in [-0.25, -0.2) is 9.97 Å². The minimum atomic E-state index is -1.63. The van der Waals surface area contributed by atoms with Crippen LogP contribution in [0, 0.1) is 11.9 Å². The lowest BCUT2D eigenvalue weighted by atomic mass is 9.81. The van der Waals surface area contributed by atoms with Gasteiger partial charge in [-0.1, -0.05) is 0 Å². The molecule has 4 aromatic heterocycles. The van der Waals surface area contributed by atoms with Gasteiger partial charge in [0.2, 0.25) is 11.9 Å². The van der Waals surface area contributed by atoms with E-state index in [-0.39, 0.29) is 5.46 Å². The summed E-state index contributed by atoms with van der Waals surface area (Å²) in [4.78, 5) is 6.67. The van der Waals surface area contributed by atoms with Gasteiger partial charge in [-0.05, 0) is 39.6 Å². The number of aromatic amines is 2. The van der Waals surface area contributed by atoms with Crippen molar-refractivity contribution in [2.24, 2.45) is 0 Å². The lowest BCUT2D eigenvalue weighted by Gasteiger charge is -1.95. The molecule has 0 saturated heterocycles. The molecule has 0 atom stereocenters. The first-order chi connectivity index (χ1) is 14.2. The van der Waals surface area contributed by atoms with E-state index < -0.39 is 19.0 Å². The molecule has 0 radical (unpaired) electrons. The van der Waals surface area contributed by atoms with Crippen molar-refractivity contribution in [3.05, 3.63) is 65.3 Å². The molecule has 0 saturated carbocycles. The van der Waals surface area contributed by atoms with Crippen LogP contribution in [0.15, 0.2) is 53.4 Å². The molecule has 156 valence electrons. The van der Waals surface area contributed by atoms with Gasteiger partial charge in [0.25, 0.3) is 0 Å². The molecule has 0 aliphatic heterocycles. The van der Waals surface area contributed by atoms with Gasteiger partial charge in [0.1, 0.15) is 16.2 Å². The van der Waals surface area contributed by atoms with Crippen LogP contribution in [0.2, 0.25) is 0 Å². The van der Waals surface area contributed by atoms with Crippen molar-refractivity contribution in [1.29, 1.82) is 0 Å². The highest BCUT2D eigenvalue weighted by Gasteiger charge is 2.10. The fourth-order valence-corrected chi connectivity index (χ4v) is 2.27. The zero-order valence-corrected chi connectivity index (χ0v) is 16.8. The van der Waals surface area contributed by atoms with Gasteiger partial charge in [-0.15, -0.1) is 0 Å². The third-order valence-corrected chi connectivity index (χ3v) is 3.66. The number of nitrogens with zero attached hydrogens (tertiary/aromatic N) is 4. The van der Waals surface area contributed by atoms with Crippen LogP contribution in [0.3, 0.4) is 0 Å². The van der Waals surface area contributed by atoms with Crippen molar-refractivity contribution >= 4 is 40.1 Å². The summed E-state index contributed by atoms with van der Waals surface area (Å²) in [5, 5.41) is 29.7. The Morgan fingerprint density at radius 2 is 1.47 bits per heavy atom. The summed E-state index contributed by atoms with van der Waals surface area (Å²) in [6.45, 7) is 0. The summed E-state index contributed by atoms with van der Waals surface area (Å²) in [5.74, 6) is -0.352. The van der Waals surface area contributed by atoms with E-state index in [0.717, 1.165) is 10.7 Å². The Morgan fingerprint density at radius 1 is 0.867 bits per heavy atom.